The van der Waals surface area contributed by atoms with Crippen molar-refractivity contribution in [3.63, 3.8) is 0 Å². The highest BCUT2D eigenvalue weighted by Crippen LogP contribution is 2.34. The third kappa shape index (κ3) is 6.35. The second-order valence-corrected chi connectivity index (χ2v) is 11.5. The lowest BCUT2D eigenvalue weighted by molar-refractivity contribution is -0.275. The van der Waals surface area contributed by atoms with Gasteiger partial charge in [-0.05, 0) is 48.9 Å². The number of alkyl halides is 3. The lowest BCUT2D eigenvalue weighted by atomic mass is 10.0. The van der Waals surface area contributed by atoms with Gasteiger partial charge in [0.05, 0.1) is 28.6 Å². The minimum absolute atomic E-state index is 0.298. The number of hydrogen-bond donors (Lipinski definition) is 1. The molecule has 38 heavy (non-hydrogen) atoms. The second kappa shape index (κ2) is 11.3. The first-order chi connectivity index (χ1) is 17.9. The summed E-state index contributed by atoms with van der Waals surface area (Å²) in [6.07, 6.45) is -4.58. The topological polar surface area (TPSA) is 73.2 Å². The SMILES string of the molecule is CCc1c(CNS(=O)(=O)c2ccccc2OC(F)(F)F)nn(-c2ccc(Cl)cc2Cl)c1-c1ccc(Br)cc1. The van der Waals surface area contributed by atoms with E-state index in [-0.39, 0.29) is 6.54 Å². The van der Waals surface area contributed by atoms with Crippen molar-refractivity contribution in [2.45, 2.75) is 31.1 Å². The van der Waals surface area contributed by atoms with Gasteiger partial charge in [0.1, 0.15) is 10.6 Å². The Morgan fingerprint density at radius 1 is 1.05 bits per heavy atom. The second-order valence-electron chi connectivity index (χ2n) is 7.96. The van der Waals surface area contributed by atoms with Crippen LogP contribution in [0.15, 0.2) is 76.1 Å². The van der Waals surface area contributed by atoms with Crippen molar-refractivity contribution in [3.8, 4) is 22.7 Å². The molecule has 13 heteroatoms. The molecule has 4 rings (SSSR count). The highest BCUT2D eigenvalue weighted by molar-refractivity contribution is 9.10. The molecule has 0 aliphatic carbocycles. The summed E-state index contributed by atoms with van der Waals surface area (Å²) in [4.78, 5) is -0.649. The molecule has 1 N–H and O–H groups in total. The number of sulfonamides is 1. The van der Waals surface area contributed by atoms with E-state index in [9.17, 15) is 21.6 Å². The van der Waals surface area contributed by atoms with Crippen LogP contribution in [0.3, 0.4) is 0 Å². The van der Waals surface area contributed by atoms with Crippen LogP contribution in [0, 0.1) is 0 Å². The molecule has 0 saturated carbocycles. The molecule has 1 aromatic heterocycles. The van der Waals surface area contributed by atoms with E-state index in [1.807, 2.05) is 31.2 Å². The third-order valence-electron chi connectivity index (χ3n) is 5.47. The summed E-state index contributed by atoms with van der Waals surface area (Å²) in [7, 11) is -4.41. The first-order valence-electron chi connectivity index (χ1n) is 11.1. The summed E-state index contributed by atoms with van der Waals surface area (Å²) in [5.41, 5.74) is 3.08. The molecule has 0 aliphatic rings. The molecular formula is C25H19BrCl2F3N3O3S. The average molecular weight is 649 g/mol. The van der Waals surface area contributed by atoms with Crippen molar-refractivity contribution in [2.75, 3.05) is 0 Å². The van der Waals surface area contributed by atoms with Crippen LogP contribution in [0.5, 0.6) is 5.75 Å². The Morgan fingerprint density at radius 3 is 2.37 bits per heavy atom. The summed E-state index contributed by atoms with van der Waals surface area (Å²) in [5, 5.41) is 5.41. The Kier molecular flexibility index (Phi) is 8.43. The predicted molar refractivity (Wildman–Crippen MR) is 143 cm³/mol. The number of halogens is 6. The molecule has 0 spiro atoms. The lowest BCUT2D eigenvalue weighted by Gasteiger charge is -2.13. The fourth-order valence-electron chi connectivity index (χ4n) is 3.86. The predicted octanol–water partition coefficient (Wildman–Crippen LogP) is 7.55. The smallest absolute Gasteiger partial charge is 0.404 e. The van der Waals surface area contributed by atoms with E-state index in [0.717, 1.165) is 27.7 Å². The highest BCUT2D eigenvalue weighted by Gasteiger charge is 2.34. The third-order valence-corrected chi connectivity index (χ3v) is 7.98. The molecule has 0 amide bonds. The first-order valence-corrected chi connectivity index (χ1v) is 14.1. The number of nitrogens with one attached hydrogen (secondary N) is 1. The Morgan fingerprint density at radius 2 is 1.74 bits per heavy atom. The maximum Gasteiger partial charge on any atom is 0.573 e. The lowest BCUT2D eigenvalue weighted by Crippen LogP contribution is -2.26. The van der Waals surface area contributed by atoms with Crippen LogP contribution >= 0.6 is 39.1 Å². The number of benzene rings is 3. The minimum atomic E-state index is -5.06. The van der Waals surface area contributed by atoms with Gasteiger partial charge in [0.2, 0.25) is 10.0 Å². The molecule has 4 aromatic rings. The van der Waals surface area contributed by atoms with Crippen LogP contribution in [0.1, 0.15) is 18.2 Å². The van der Waals surface area contributed by atoms with Gasteiger partial charge in [-0.2, -0.15) is 5.10 Å². The number of aromatic nitrogens is 2. The number of para-hydroxylation sites is 1. The van der Waals surface area contributed by atoms with Crippen molar-refractivity contribution in [3.05, 3.63) is 92.5 Å². The fourth-order valence-corrected chi connectivity index (χ4v) is 5.73. The minimum Gasteiger partial charge on any atom is -0.404 e. The molecular weight excluding hydrogens is 630 g/mol. The van der Waals surface area contributed by atoms with Crippen molar-refractivity contribution >= 4 is 49.2 Å². The quantitative estimate of drug-likeness (QED) is 0.214. The van der Waals surface area contributed by atoms with Gasteiger partial charge in [0, 0.05) is 20.6 Å². The summed E-state index contributed by atoms with van der Waals surface area (Å²) in [5.74, 6) is -0.836. The molecule has 0 bridgehead atoms. The van der Waals surface area contributed by atoms with Gasteiger partial charge in [-0.15, -0.1) is 13.2 Å². The van der Waals surface area contributed by atoms with Crippen LogP contribution in [-0.2, 0) is 23.0 Å². The van der Waals surface area contributed by atoms with E-state index in [1.54, 1.807) is 22.9 Å². The summed E-state index contributed by atoms with van der Waals surface area (Å²) in [6, 6.07) is 16.9. The zero-order valence-corrected chi connectivity index (χ0v) is 23.5. The summed E-state index contributed by atoms with van der Waals surface area (Å²) in [6.45, 7) is 1.59. The fraction of sp³-hybridized carbons (Fsp3) is 0.160. The molecule has 200 valence electrons. The number of nitrogens with zero attached hydrogens (tertiary/aromatic N) is 2. The van der Waals surface area contributed by atoms with Gasteiger partial charge in [0.15, 0.2) is 0 Å². The first kappa shape index (κ1) is 28.4. The van der Waals surface area contributed by atoms with Crippen molar-refractivity contribution in [1.82, 2.24) is 14.5 Å². The van der Waals surface area contributed by atoms with Crippen molar-refractivity contribution < 1.29 is 26.3 Å². The molecule has 6 nitrogen and oxygen atoms in total. The van der Waals surface area contributed by atoms with Gasteiger partial charge in [-0.1, -0.05) is 70.3 Å². The van der Waals surface area contributed by atoms with E-state index in [2.05, 4.69) is 30.5 Å². The van der Waals surface area contributed by atoms with Crippen LogP contribution in [0.2, 0.25) is 10.0 Å². The average Bonchev–Trinajstić information content (AvgIpc) is 3.21. The van der Waals surface area contributed by atoms with Crippen molar-refractivity contribution in [1.29, 1.82) is 0 Å². The van der Waals surface area contributed by atoms with E-state index in [1.165, 1.54) is 12.1 Å². The molecule has 3 aromatic carbocycles. The van der Waals surface area contributed by atoms with Gasteiger partial charge in [-0.25, -0.2) is 17.8 Å². The molecule has 0 atom stereocenters. The zero-order valence-electron chi connectivity index (χ0n) is 19.6. The maximum atomic E-state index is 13.0. The Hall–Kier alpha value is -2.57. The highest BCUT2D eigenvalue weighted by atomic mass is 79.9. The van der Waals surface area contributed by atoms with Gasteiger partial charge < -0.3 is 4.74 Å². The molecule has 1 heterocycles. The van der Waals surface area contributed by atoms with E-state index in [0.29, 0.717) is 33.5 Å². The van der Waals surface area contributed by atoms with Crippen LogP contribution < -0.4 is 9.46 Å². The van der Waals surface area contributed by atoms with Crippen molar-refractivity contribution in [2.24, 2.45) is 0 Å². The number of ether oxygens (including phenoxy) is 1. The Labute approximate surface area is 235 Å². The molecule has 0 unspecified atom stereocenters. The molecule has 0 aliphatic heterocycles. The monoisotopic (exact) mass is 647 g/mol. The molecule has 0 fully saturated rings. The van der Waals surface area contributed by atoms with Crippen LogP contribution in [0.25, 0.3) is 16.9 Å². The van der Waals surface area contributed by atoms with Gasteiger partial charge >= 0.3 is 6.36 Å². The van der Waals surface area contributed by atoms with Gasteiger partial charge in [0.25, 0.3) is 0 Å². The largest absolute Gasteiger partial charge is 0.573 e. The molecule has 0 radical (unpaired) electrons. The van der Waals surface area contributed by atoms with E-state index >= 15 is 0 Å². The standard InChI is InChI=1S/C25H19BrCl2F3N3O3S/c1-2-18-20(14-32-38(35,36)23-6-4-3-5-22(23)37-25(29,30)31)33-34(21-12-11-17(27)13-19(21)28)24(18)15-7-9-16(26)10-8-15/h3-13,32H,2,14H2,1H3. The molecule has 0 saturated heterocycles. The van der Waals surface area contributed by atoms with Crippen LogP contribution in [0.4, 0.5) is 13.2 Å². The number of hydrogen-bond acceptors (Lipinski definition) is 4. The van der Waals surface area contributed by atoms with E-state index in [4.69, 9.17) is 23.2 Å². The van der Waals surface area contributed by atoms with E-state index < -0.39 is 27.0 Å². The Balaban J connectivity index is 1.78. The van der Waals surface area contributed by atoms with Crippen LogP contribution in [-0.4, -0.2) is 24.6 Å². The number of rotatable bonds is 8. The maximum absolute atomic E-state index is 13.0. The normalized spacial score (nSPS) is 12.1. The summed E-state index contributed by atoms with van der Waals surface area (Å²) < 4.78 is 73.3. The summed E-state index contributed by atoms with van der Waals surface area (Å²) >= 11 is 16.0. The van der Waals surface area contributed by atoms with Gasteiger partial charge in [-0.3, -0.25) is 0 Å². The Bertz CT molecular complexity index is 1580. The zero-order chi connectivity index (χ0) is 27.7.